The zero-order valence-corrected chi connectivity index (χ0v) is 13.9. The molecule has 0 aromatic carbocycles. The van der Waals surface area contributed by atoms with Crippen LogP contribution in [0.5, 0.6) is 0 Å². The first-order valence-electron chi connectivity index (χ1n) is 8.36. The molecule has 0 unspecified atom stereocenters. The normalized spacial score (nSPS) is 17.0. The highest BCUT2D eigenvalue weighted by atomic mass is 16.2. The minimum atomic E-state index is -0.605. The van der Waals surface area contributed by atoms with Gasteiger partial charge in [-0.2, -0.15) is 5.10 Å². The van der Waals surface area contributed by atoms with Crippen LogP contribution in [-0.4, -0.2) is 34.6 Å². The molecule has 2 rings (SSSR count). The van der Waals surface area contributed by atoms with E-state index in [9.17, 15) is 9.59 Å². The van der Waals surface area contributed by atoms with Crippen molar-refractivity contribution in [3.8, 4) is 0 Å². The van der Waals surface area contributed by atoms with Crippen molar-refractivity contribution in [3.63, 3.8) is 0 Å². The maximum atomic E-state index is 11.9. The summed E-state index contributed by atoms with van der Waals surface area (Å²) in [7, 11) is 0. The Morgan fingerprint density at radius 1 is 1.35 bits per heavy atom. The number of amides is 2. The van der Waals surface area contributed by atoms with Gasteiger partial charge in [-0.25, -0.2) is 0 Å². The van der Waals surface area contributed by atoms with Crippen LogP contribution in [0.2, 0.25) is 0 Å². The van der Waals surface area contributed by atoms with E-state index in [4.69, 9.17) is 5.73 Å². The molecule has 1 heterocycles. The third kappa shape index (κ3) is 5.06. The van der Waals surface area contributed by atoms with Crippen molar-refractivity contribution < 1.29 is 9.59 Å². The van der Waals surface area contributed by atoms with E-state index >= 15 is 0 Å². The fourth-order valence-corrected chi connectivity index (χ4v) is 2.80. The molecule has 2 amide bonds. The number of nitrogens with zero attached hydrogens (tertiary/aromatic N) is 1. The summed E-state index contributed by atoms with van der Waals surface area (Å²) in [5.41, 5.74) is 6.80. The number of rotatable bonds is 6. The van der Waals surface area contributed by atoms with Crippen molar-refractivity contribution in [1.29, 1.82) is 0 Å². The molecule has 1 aliphatic rings. The monoisotopic (exact) mass is 321 g/mol. The fourth-order valence-electron chi connectivity index (χ4n) is 2.80. The number of H-pyrrole nitrogens is 1. The van der Waals surface area contributed by atoms with Gasteiger partial charge in [0.2, 0.25) is 11.8 Å². The Bertz CT molecular complexity index is 534. The average Bonchev–Trinajstić information content (AvgIpc) is 3.01. The van der Waals surface area contributed by atoms with Crippen molar-refractivity contribution in [3.05, 3.63) is 11.8 Å². The van der Waals surface area contributed by atoms with Crippen LogP contribution in [0.15, 0.2) is 6.07 Å². The van der Waals surface area contributed by atoms with Crippen molar-refractivity contribution in [2.75, 3.05) is 11.9 Å². The van der Waals surface area contributed by atoms with Crippen molar-refractivity contribution in [1.82, 2.24) is 15.5 Å². The summed E-state index contributed by atoms with van der Waals surface area (Å²) in [4.78, 5) is 23.6. The second-order valence-electron chi connectivity index (χ2n) is 6.58. The molecule has 0 radical (unpaired) electrons. The number of carbonyl (C=O) groups is 2. The highest BCUT2D eigenvalue weighted by Crippen LogP contribution is 2.32. The van der Waals surface area contributed by atoms with Crippen LogP contribution in [0, 0.1) is 5.92 Å². The molecule has 0 bridgehead atoms. The molecule has 7 heteroatoms. The Morgan fingerprint density at radius 2 is 2.04 bits per heavy atom. The molecule has 1 aromatic heterocycles. The molecule has 1 fully saturated rings. The first kappa shape index (κ1) is 17.5. The molecule has 0 spiro atoms. The summed E-state index contributed by atoms with van der Waals surface area (Å²) < 4.78 is 0. The molecule has 0 saturated heterocycles. The third-order valence-corrected chi connectivity index (χ3v) is 4.35. The molecule has 23 heavy (non-hydrogen) atoms. The number of anilines is 1. The summed E-state index contributed by atoms with van der Waals surface area (Å²) in [6.45, 7) is 3.62. The van der Waals surface area contributed by atoms with Gasteiger partial charge in [-0.1, -0.05) is 33.1 Å². The van der Waals surface area contributed by atoms with Crippen molar-refractivity contribution in [2.45, 2.75) is 57.9 Å². The van der Waals surface area contributed by atoms with Crippen molar-refractivity contribution >= 4 is 17.6 Å². The van der Waals surface area contributed by atoms with E-state index in [0.29, 0.717) is 11.7 Å². The molecule has 5 N–H and O–H groups in total. The Kier molecular flexibility index (Phi) is 6.15. The van der Waals surface area contributed by atoms with Gasteiger partial charge in [0.25, 0.3) is 0 Å². The van der Waals surface area contributed by atoms with Gasteiger partial charge in [0.15, 0.2) is 5.82 Å². The number of nitrogens with one attached hydrogen (secondary N) is 3. The summed E-state index contributed by atoms with van der Waals surface area (Å²) in [5, 5.41) is 12.4. The number of nitrogens with two attached hydrogens (primary N) is 1. The first-order chi connectivity index (χ1) is 11.0. The van der Waals surface area contributed by atoms with Crippen molar-refractivity contribution in [2.24, 2.45) is 11.7 Å². The molecule has 1 aliphatic carbocycles. The molecular formula is C16H27N5O2. The van der Waals surface area contributed by atoms with Crippen LogP contribution in [0.3, 0.4) is 0 Å². The van der Waals surface area contributed by atoms with Gasteiger partial charge in [0, 0.05) is 17.7 Å². The van der Waals surface area contributed by atoms with Gasteiger partial charge >= 0.3 is 0 Å². The van der Waals surface area contributed by atoms with E-state index in [0.717, 1.165) is 5.69 Å². The van der Waals surface area contributed by atoms with E-state index in [1.54, 1.807) is 0 Å². The lowest BCUT2D eigenvalue weighted by Gasteiger charge is -2.19. The van der Waals surface area contributed by atoms with E-state index < -0.39 is 6.04 Å². The molecule has 1 aromatic rings. The lowest BCUT2D eigenvalue weighted by molar-refractivity contribution is -0.125. The third-order valence-electron chi connectivity index (χ3n) is 4.35. The topological polar surface area (TPSA) is 113 Å². The largest absolute Gasteiger partial charge is 0.346 e. The lowest BCUT2D eigenvalue weighted by Crippen LogP contribution is -2.46. The first-order valence-corrected chi connectivity index (χ1v) is 8.36. The number of carbonyl (C=O) groups excluding carboxylic acids is 2. The molecular weight excluding hydrogens is 294 g/mol. The molecule has 1 saturated carbocycles. The quantitative estimate of drug-likeness (QED) is 0.636. The smallest absolute Gasteiger partial charge is 0.244 e. The SMILES string of the molecule is CC(C)[C@H](N)C(=O)NCC(=O)Nc1cc(C2CCCCC2)[nH]n1. The van der Waals surface area contributed by atoms with Gasteiger partial charge in [-0.3, -0.25) is 14.7 Å². The van der Waals surface area contributed by atoms with Gasteiger partial charge in [-0.15, -0.1) is 0 Å². The Hall–Kier alpha value is -1.89. The van der Waals surface area contributed by atoms with Crippen LogP contribution >= 0.6 is 0 Å². The standard InChI is InChI=1S/C16H27N5O2/c1-10(2)15(17)16(23)18-9-14(22)19-13-8-12(20-21-13)11-6-4-3-5-7-11/h8,10-11,15H,3-7,9,17H2,1-2H3,(H,18,23)(H2,19,20,21,22)/t15-/m0/s1. The minimum absolute atomic E-state index is 0.0300. The van der Waals surface area contributed by atoms with Crippen LogP contribution in [0.25, 0.3) is 0 Å². The van der Waals surface area contributed by atoms with Gasteiger partial charge < -0.3 is 16.4 Å². The molecule has 128 valence electrons. The number of hydrogen-bond acceptors (Lipinski definition) is 4. The zero-order valence-electron chi connectivity index (χ0n) is 13.9. The summed E-state index contributed by atoms with van der Waals surface area (Å²) >= 11 is 0. The second-order valence-corrected chi connectivity index (χ2v) is 6.58. The Labute approximate surface area is 136 Å². The highest BCUT2D eigenvalue weighted by molar-refractivity contribution is 5.94. The van der Waals surface area contributed by atoms with Crippen LogP contribution in [-0.2, 0) is 9.59 Å². The number of aromatic amines is 1. The highest BCUT2D eigenvalue weighted by Gasteiger charge is 2.19. The summed E-state index contributed by atoms with van der Waals surface area (Å²) in [6, 6.07) is 1.28. The fraction of sp³-hybridized carbons (Fsp3) is 0.688. The molecule has 7 nitrogen and oxygen atoms in total. The summed E-state index contributed by atoms with van der Waals surface area (Å²) in [5.74, 6) is 0.405. The van der Waals surface area contributed by atoms with Gasteiger partial charge in [0.1, 0.15) is 0 Å². The molecule has 1 atom stereocenters. The van der Waals surface area contributed by atoms with E-state index in [1.165, 1.54) is 32.1 Å². The summed E-state index contributed by atoms with van der Waals surface area (Å²) in [6.07, 6.45) is 6.12. The maximum Gasteiger partial charge on any atom is 0.244 e. The lowest BCUT2D eigenvalue weighted by atomic mass is 9.87. The van der Waals surface area contributed by atoms with E-state index in [2.05, 4.69) is 20.8 Å². The van der Waals surface area contributed by atoms with Gasteiger partial charge in [-0.05, 0) is 18.8 Å². The van der Waals surface area contributed by atoms with Crippen LogP contribution in [0.4, 0.5) is 5.82 Å². The predicted octanol–water partition coefficient (Wildman–Crippen LogP) is 1.50. The Morgan fingerprint density at radius 3 is 2.70 bits per heavy atom. The van der Waals surface area contributed by atoms with E-state index in [-0.39, 0.29) is 24.3 Å². The zero-order chi connectivity index (χ0) is 16.8. The Balaban J connectivity index is 1.79. The second kappa shape index (κ2) is 8.10. The average molecular weight is 321 g/mol. The number of aromatic nitrogens is 2. The minimum Gasteiger partial charge on any atom is -0.346 e. The van der Waals surface area contributed by atoms with Crippen LogP contribution < -0.4 is 16.4 Å². The predicted molar refractivity (Wildman–Crippen MR) is 88.9 cm³/mol. The van der Waals surface area contributed by atoms with Crippen LogP contribution in [0.1, 0.15) is 57.6 Å². The van der Waals surface area contributed by atoms with Gasteiger partial charge in [0.05, 0.1) is 12.6 Å². The molecule has 0 aliphatic heterocycles. The van der Waals surface area contributed by atoms with E-state index in [1.807, 2.05) is 19.9 Å². The number of hydrogen-bond donors (Lipinski definition) is 4. The maximum absolute atomic E-state index is 11.9.